The molecule has 5 nitrogen and oxygen atoms in total. The van der Waals surface area contributed by atoms with E-state index < -0.39 is 0 Å². The van der Waals surface area contributed by atoms with Crippen LogP contribution >= 0.6 is 23.2 Å². The summed E-state index contributed by atoms with van der Waals surface area (Å²) in [6.45, 7) is 1.68. The van der Waals surface area contributed by atoms with Gasteiger partial charge in [0, 0.05) is 13.1 Å². The predicted octanol–water partition coefficient (Wildman–Crippen LogP) is 3.05. The smallest absolute Gasteiger partial charge is 0.263 e. The van der Waals surface area contributed by atoms with Crippen molar-refractivity contribution in [2.45, 2.75) is 6.92 Å². The Hall–Kier alpha value is -1.72. The lowest BCUT2D eigenvalue weighted by Gasteiger charge is -2.09. The lowest BCUT2D eigenvalue weighted by Crippen LogP contribution is -2.21. The van der Waals surface area contributed by atoms with Crippen molar-refractivity contribution < 1.29 is 9.53 Å². The van der Waals surface area contributed by atoms with Gasteiger partial charge in [0.1, 0.15) is 16.6 Å². The molecule has 0 aliphatic rings. The number of anilines is 1. The Morgan fingerprint density at radius 2 is 2.20 bits per heavy atom. The van der Waals surface area contributed by atoms with Crippen LogP contribution in [0.4, 0.5) is 5.82 Å². The van der Waals surface area contributed by atoms with Gasteiger partial charge in [-0.1, -0.05) is 29.3 Å². The van der Waals surface area contributed by atoms with Crippen molar-refractivity contribution in [3.8, 4) is 5.75 Å². The molecule has 20 heavy (non-hydrogen) atoms. The fourth-order valence-corrected chi connectivity index (χ4v) is 1.99. The van der Waals surface area contributed by atoms with Crippen LogP contribution in [0, 0.1) is 6.92 Å². The molecule has 2 aromatic rings. The van der Waals surface area contributed by atoms with Gasteiger partial charge < -0.3 is 10.1 Å². The van der Waals surface area contributed by atoms with Gasteiger partial charge in [-0.05, 0) is 19.1 Å². The highest BCUT2D eigenvalue weighted by Gasteiger charge is 2.10. The first kappa shape index (κ1) is 14.7. The number of hydrogen-bond donors (Lipinski definition) is 1. The number of ether oxygens (including phenoxy) is 1. The van der Waals surface area contributed by atoms with Crippen LogP contribution in [0.3, 0.4) is 0 Å². The Labute approximate surface area is 126 Å². The number of nitrogens with one attached hydrogen (secondary N) is 1. The summed E-state index contributed by atoms with van der Waals surface area (Å²) in [6, 6.07) is 6.77. The molecule has 2 rings (SSSR count). The Morgan fingerprint density at radius 3 is 2.85 bits per heavy atom. The van der Waals surface area contributed by atoms with Crippen LogP contribution in [-0.2, 0) is 11.8 Å². The van der Waals surface area contributed by atoms with E-state index in [1.165, 1.54) is 0 Å². The van der Waals surface area contributed by atoms with Gasteiger partial charge in [0.2, 0.25) is 0 Å². The summed E-state index contributed by atoms with van der Waals surface area (Å²) in [6.07, 6.45) is 0. The standard InChI is InChI=1S/C13H13Cl2N3O2/c1-8-6-11(18(2)17-8)16-12(19)7-20-10-5-3-4-9(14)13(10)15/h3-6H,7H2,1-2H3,(H,16,19). The number of halogens is 2. The summed E-state index contributed by atoms with van der Waals surface area (Å²) < 4.78 is 6.92. The summed E-state index contributed by atoms with van der Waals surface area (Å²) >= 11 is 11.8. The third-order valence-electron chi connectivity index (χ3n) is 2.54. The fraction of sp³-hybridized carbons (Fsp3) is 0.231. The molecule has 0 atom stereocenters. The van der Waals surface area contributed by atoms with Gasteiger partial charge in [-0.15, -0.1) is 0 Å². The minimum absolute atomic E-state index is 0.162. The number of benzene rings is 1. The van der Waals surface area contributed by atoms with Crippen LogP contribution in [0.2, 0.25) is 10.0 Å². The molecule has 0 saturated heterocycles. The maximum Gasteiger partial charge on any atom is 0.263 e. The summed E-state index contributed by atoms with van der Waals surface area (Å²) in [5.74, 6) is 0.674. The van der Waals surface area contributed by atoms with Crippen LogP contribution in [0.1, 0.15) is 5.69 Å². The van der Waals surface area contributed by atoms with Crippen molar-refractivity contribution in [1.29, 1.82) is 0 Å². The molecule has 0 aliphatic heterocycles. The molecular formula is C13H13Cl2N3O2. The molecule has 0 fully saturated rings. The molecule has 1 N–H and O–H groups in total. The summed E-state index contributed by atoms with van der Waals surface area (Å²) in [5.41, 5.74) is 0.821. The molecule has 0 radical (unpaired) electrons. The number of amides is 1. The van der Waals surface area contributed by atoms with E-state index in [2.05, 4.69) is 10.4 Å². The van der Waals surface area contributed by atoms with Crippen LogP contribution in [0.25, 0.3) is 0 Å². The molecule has 0 bridgehead atoms. The topological polar surface area (TPSA) is 56.1 Å². The Bertz CT molecular complexity index is 641. The Kier molecular flexibility index (Phi) is 4.52. The Balaban J connectivity index is 1.96. The zero-order valence-electron chi connectivity index (χ0n) is 11.0. The van der Waals surface area contributed by atoms with Gasteiger partial charge in [0.05, 0.1) is 10.7 Å². The van der Waals surface area contributed by atoms with Crippen molar-refractivity contribution in [1.82, 2.24) is 9.78 Å². The van der Waals surface area contributed by atoms with Gasteiger partial charge in [-0.3, -0.25) is 9.48 Å². The van der Waals surface area contributed by atoms with Gasteiger partial charge in [0.15, 0.2) is 6.61 Å². The third kappa shape index (κ3) is 3.43. The van der Waals surface area contributed by atoms with E-state index in [9.17, 15) is 4.79 Å². The quantitative estimate of drug-likeness (QED) is 0.943. The van der Waals surface area contributed by atoms with Gasteiger partial charge >= 0.3 is 0 Å². The van der Waals surface area contributed by atoms with Gasteiger partial charge in [0.25, 0.3) is 5.91 Å². The van der Waals surface area contributed by atoms with Crippen LogP contribution in [0.5, 0.6) is 5.75 Å². The molecule has 1 aromatic heterocycles. The normalized spacial score (nSPS) is 10.4. The fourth-order valence-electron chi connectivity index (χ4n) is 1.65. The van der Waals surface area contributed by atoms with Crippen molar-refractivity contribution >= 4 is 34.9 Å². The molecule has 1 amide bonds. The molecule has 0 aliphatic carbocycles. The average Bonchev–Trinajstić information content (AvgIpc) is 2.69. The summed E-state index contributed by atoms with van der Waals surface area (Å²) in [7, 11) is 1.75. The zero-order valence-corrected chi connectivity index (χ0v) is 12.5. The minimum atomic E-state index is -0.302. The molecule has 0 saturated carbocycles. The van der Waals surface area contributed by atoms with E-state index in [1.807, 2.05) is 6.92 Å². The predicted molar refractivity (Wildman–Crippen MR) is 78.5 cm³/mol. The maximum atomic E-state index is 11.8. The molecule has 0 unspecified atom stereocenters. The first-order valence-corrected chi connectivity index (χ1v) is 6.60. The van der Waals surface area contributed by atoms with Crippen molar-refractivity contribution in [3.63, 3.8) is 0 Å². The van der Waals surface area contributed by atoms with E-state index >= 15 is 0 Å². The highest BCUT2D eigenvalue weighted by atomic mass is 35.5. The highest BCUT2D eigenvalue weighted by molar-refractivity contribution is 6.42. The largest absolute Gasteiger partial charge is 0.482 e. The van der Waals surface area contributed by atoms with E-state index in [-0.39, 0.29) is 12.5 Å². The van der Waals surface area contributed by atoms with Crippen LogP contribution in [0.15, 0.2) is 24.3 Å². The number of aryl methyl sites for hydroxylation is 2. The van der Waals surface area contributed by atoms with Gasteiger partial charge in [-0.2, -0.15) is 5.10 Å². The number of aromatic nitrogens is 2. The second kappa shape index (κ2) is 6.15. The third-order valence-corrected chi connectivity index (χ3v) is 3.35. The average molecular weight is 314 g/mol. The van der Waals surface area contributed by atoms with E-state index in [4.69, 9.17) is 27.9 Å². The lowest BCUT2D eigenvalue weighted by molar-refractivity contribution is -0.118. The number of carbonyl (C=O) groups is 1. The van der Waals surface area contributed by atoms with E-state index in [1.54, 1.807) is 36.0 Å². The highest BCUT2D eigenvalue weighted by Crippen LogP contribution is 2.31. The minimum Gasteiger partial charge on any atom is -0.482 e. The molecule has 7 heteroatoms. The zero-order chi connectivity index (χ0) is 14.7. The molecule has 1 heterocycles. The van der Waals surface area contributed by atoms with E-state index in [0.717, 1.165) is 5.69 Å². The molecule has 1 aromatic carbocycles. The van der Waals surface area contributed by atoms with Crippen molar-refractivity contribution in [2.75, 3.05) is 11.9 Å². The van der Waals surface area contributed by atoms with Crippen molar-refractivity contribution in [2.24, 2.45) is 7.05 Å². The maximum absolute atomic E-state index is 11.8. The van der Waals surface area contributed by atoms with Crippen molar-refractivity contribution in [3.05, 3.63) is 40.0 Å². The number of hydrogen-bond acceptors (Lipinski definition) is 3. The Morgan fingerprint density at radius 1 is 1.45 bits per heavy atom. The molecule has 106 valence electrons. The SMILES string of the molecule is Cc1cc(NC(=O)COc2cccc(Cl)c2Cl)n(C)n1. The summed E-state index contributed by atoms with van der Waals surface area (Å²) in [4.78, 5) is 11.8. The first-order chi connectivity index (χ1) is 9.47. The number of carbonyl (C=O) groups excluding carboxylic acids is 1. The molecular weight excluding hydrogens is 301 g/mol. The number of rotatable bonds is 4. The lowest BCUT2D eigenvalue weighted by atomic mass is 10.3. The monoisotopic (exact) mass is 313 g/mol. The van der Waals surface area contributed by atoms with Crippen LogP contribution in [-0.4, -0.2) is 22.3 Å². The number of nitrogens with zero attached hydrogens (tertiary/aromatic N) is 2. The first-order valence-electron chi connectivity index (χ1n) is 5.84. The van der Waals surface area contributed by atoms with E-state index in [0.29, 0.717) is 21.6 Å². The second-order valence-electron chi connectivity index (χ2n) is 4.18. The summed E-state index contributed by atoms with van der Waals surface area (Å²) in [5, 5.41) is 7.50. The van der Waals surface area contributed by atoms with Gasteiger partial charge in [-0.25, -0.2) is 0 Å². The second-order valence-corrected chi connectivity index (χ2v) is 4.97. The molecule has 0 spiro atoms. The van der Waals surface area contributed by atoms with Crippen LogP contribution < -0.4 is 10.1 Å².